The topological polar surface area (TPSA) is 45.7 Å². The van der Waals surface area contributed by atoms with E-state index in [0.29, 0.717) is 12.5 Å². The Morgan fingerprint density at radius 1 is 1.21 bits per heavy atom. The van der Waals surface area contributed by atoms with Gasteiger partial charge in [0.15, 0.2) is 5.96 Å². The number of ether oxygens (including phenoxy) is 1. The van der Waals surface area contributed by atoms with Gasteiger partial charge in [-0.15, -0.1) is 0 Å². The van der Waals surface area contributed by atoms with Gasteiger partial charge in [-0.3, -0.25) is 4.99 Å². The number of hydrogen-bond acceptors (Lipinski definition) is 2. The summed E-state index contributed by atoms with van der Waals surface area (Å²) in [5.74, 6) is 1.43. The van der Waals surface area contributed by atoms with E-state index in [1.165, 1.54) is 11.1 Å². The molecule has 0 amide bonds. The zero-order valence-electron chi connectivity index (χ0n) is 12.4. The fourth-order valence-electron chi connectivity index (χ4n) is 1.73. The summed E-state index contributed by atoms with van der Waals surface area (Å²) in [4.78, 5) is 4.21. The molecule has 106 valence electrons. The van der Waals surface area contributed by atoms with Crippen LogP contribution in [0.5, 0.6) is 0 Å². The molecule has 0 fully saturated rings. The maximum atomic E-state index is 5.21. The highest BCUT2D eigenvalue weighted by Gasteiger charge is 2.03. The van der Waals surface area contributed by atoms with E-state index in [1.807, 2.05) is 12.1 Å². The van der Waals surface area contributed by atoms with Crippen LogP contribution in [0.2, 0.25) is 0 Å². The van der Waals surface area contributed by atoms with Crippen molar-refractivity contribution in [1.82, 2.24) is 10.6 Å². The predicted octanol–water partition coefficient (Wildman–Crippen LogP) is 2.15. The lowest BCUT2D eigenvalue weighted by atomic mass is 10.1. The van der Waals surface area contributed by atoms with Crippen molar-refractivity contribution in [3.05, 3.63) is 35.4 Å². The fourth-order valence-corrected chi connectivity index (χ4v) is 1.73. The van der Waals surface area contributed by atoms with Gasteiger partial charge in [0.25, 0.3) is 0 Å². The number of methoxy groups -OCH3 is 1. The standard InChI is InChI=1S/C15H25N3O/c1-12(2)9-17-15(16-3)18-10-13-7-5-6-8-14(13)11-19-4/h5-8,12H,9-11H2,1-4H3,(H2,16,17,18). The summed E-state index contributed by atoms with van der Waals surface area (Å²) in [7, 11) is 3.50. The van der Waals surface area contributed by atoms with Crippen molar-refractivity contribution in [1.29, 1.82) is 0 Å². The number of rotatable bonds is 6. The zero-order chi connectivity index (χ0) is 14.1. The van der Waals surface area contributed by atoms with Crippen LogP contribution in [-0.4, -0.2) is 26.7 Å². The minimum absolute atomic E-state index is 0.597. The quantitative estimate of drug-likeness (QED) is 0.610. The van der Waals surface area contributed by atoms with Crippen LogP contribution in [0.15, 0.2) is 29.3 Å². The molecule has 0 atom stereocenters. The van der Waals surface area contributed by atoms with Gasteiger partial charge in [-0.05, 0) is 17.0 Å². The molecule has 4 nitrogen and oxygen atoms in total. The van der Waals surface area contributed by atoms with Crippen molar-refractivity contribution < 1.29 is 4.74 Å². The van der Waals surface area contributed by atoms with Crippen LogP contribution < -0.4 is 10.6 Å². The van der Waals surface area contributed by atoms with Gasteiger partial charge in [0, 0.05) is 27.2 Å². The Morgan fingerprint density at radius 2 is 1.89 bits per heavy atom. The highest BCUT2D eigenvalue weighted by Crippen LogP contribution is 2.09. The van der Waals surface area contributed by atoms with Gasteiger partial charge in [-0.1, -0.05) is 38.1 Å². The van der Waals surface area contributed by atoms with E-state index in [4.69, 9.17) is 4.74 Å². The van der Waals surface area contributed by atoms with Crippen molar-refractivity contribution in [2.45, 2.75) is 27.0 Å². The molecule has 0 unspecified atom stereocenters. The van der Waals surface area contributed by atoms with Gasteiger partial charge in [-0.25, -0.2) is 0 Å². The Labute approximate surface area is 116 Å². The van der Waals surface area contributed by atoms with Crippen molar-refractivity contribution in [3.8, 4) is 0 Å². The fraction of sp³-hybridized carbons (Fsp3) is 0.533. The second-order valence-corrected chi connectivity index (χ2v) is 4.90. The van der Waals surface area contributed by atoms with Crippen LogP contribution >= 0.6 is 0 Å². The average molecular weight is 263 g/mol. The maximum absolute atomic E-state index is 5.21. The molecule has 0 aliphatic heterocycles. The van der Waals surface area contributed by atoms with Gasteiger partial charge in [0.1, 0.15) is 0 Å². The molecule has 0 aliphatic rings. The summed E-state index contributed by atoms with van der Waals surface area (Å²) in [6, 6.07) is 8.27. The monoisotopic (exact) mass is 263 g/mol. The summed E-state index contributed by atoms with van der Waals surface area (Å²) in [5.41, 5.74) is 2.44. The van der Waals surface area contributed by atoms with Gasteiger partial charge in [-0.2, -0.15) is 0 Å². The first-order chi connectivity index (χ1) is 9.17. The van der Waals surface area contributed by atoms with E-state index in [0.717, 1.165) is 19.0 Å². The highest BCUT2D eigenvalue weighted by atomic mass is 16.5. The first kappa shape index (κ1) is 15.5. The molecule has 0 spiro atoms. The minimum atomic E-state index is 0.597. The van der Waals surface area contributed by atoms with E-state index >= 15 is 0 Å². The molecule has 19 heavy (non-hydrogen) atoms. The first-order valence-electron chi connectivity index (χ1n) is 6.67. The van der Waals surface area contributed by atoms with Crippen molar-refractivity contribution in [2.24, 2.45) is 10.9 Å². The van der Waals surface area contributed by atoms with Crippen LogP contribution in [-0.2, 0) is 17.9 Å². The first-order valence-corrected chi connectivity index (χ1v) is 6.67. The molecule has 0 aromatic heterocycles. The number of nitrogens with zero attached hydrogens (tertiary/aromatic N) is 1. The Bertz CT molecular complexity index is 402. The van der Waals surface area contributed by atoms with E-state index in [2.05, 4.69) is 41.6 Å². The van der Waals surface area contributed by atoms with Gasteiger partial charge in [0.2, 0.25) is 0 Å². The van der Waals surface area contributed by atoms with Gasteiger partial charge >= 0.3 is 0 Å². The van der Waals surface area contributed by atoms with Crippen LogP contribution in [0.4, 0.5) is 0 Å². The molecule has 4 heteroatoms. The third-order valence-corrected chi connectivity index (χ3v) is 2.77. The number of benzene rings is 1. The van der Waals surface area contributed by atoms with Crippen LogP contribution in [0, 0.1) is 5.92 Å². The summed E-state index contributed by atoms with van der Waals surface area (Å²) in [6.45, 7) is 6.65. The lowest BCUT2D eigenvalue weighted by Gasteiger charge is -2.15. The largest absolute Gasteiger partial charge is 0.380 e. The number of nitrogens with one attached hydrogen (secondary N) is 2. The Morgan fingerprint density at radius 3 is 2.47 bits per heavy atom. The lowest BCUT2D eigenvalue weighted by molar-refractivity contribution is 0.184. The molecule has 0 bridgehead atoms. The molecule has 0 saturated carbocycles. The van der Waals surface area contributed by atoms with Crippen LogP contribution in [0.3, 0.4) is 0 Å². The molecule has 2 N–H and O–H groups in total. The molecular formula is C15H25N3O. The molecule has 1 aromatic rings. The summed E-state index contributed by atoms with van der Waals surface area (Å²) in [5, 5.41) is 6.62. The SMILES string of the molecule is CN=C(NCc1ccccc1COC)NCC(C)C. The Kier molecular flexibility index (Phi) is 6.97. The molecule has 0 saturated heterocycles. The molecule has 0 heterocycles. The van der Waals surface area contributed by atoms with Gasteiger partial charge < -0.3 is 15.4 Å². The summed E-state index contributed by atoms with van der Waals surface area (Å²) < 4.78 is 5.21. The third kappa shape index (κ3) is 5.75. The maximum Gasteiger partial charge on any atom is 0.191 e. The second-order valence-electron chi connectivity index (χ2n) is 4.90. The lowest BCUT2D eigenvalue weighted by Crippen LogP contribution is -2.38. The normalized spacial score (nSPS) is 11.7. The zero-order valence-corrected chi connectivity index (χ0v) is 12.4. The molecule has 0 aliphatic carbocycles. The highest BCUT2D eigenvalue weighted by molar-refractivity contribution is 5.79. The minimum Gasteiger partial charge on any atom is -0.380 e. The smallest absolute Gasteiger partial charge is 0.191 e. The van der Waals surface area contributed by atoms with E-state index < -0.39 is 0 Å². The van der Waals surface area contributed by atoms with Crippen LogP contribution in [0.25, 0.3) is 0 Å². The third-order valence-electron chi connectivity index (χ3n) is 2.77. The summed E-state index contributed by atoms with van der Waals surface area (Å²) >= 11 is 0. The van der Waals surface area contributed by atoms with E-state index in [1.54, 1.807) is 14.2 Å². The van der Waals surface area contributed by atoms with Crippen molar-refractivity contribution in [3.63, 3.8) is 0 Å². The molecular weight excluding hydrogens is 238 g/mol. The van der Waals surface area contributed by atoms with E-state index in [-0.39, 0.29) is 0 Å². The molecule has 1 rings (SSSR count). The Hall–Kier alpha value is -1.55. The van der Waals surface area contributed by atoms with Crippen molar-refractivity contribution >= 4 is 5.96 Å². The Balaban J connectivity index is 2.55. The number of aliphatic imine (C=N–C) groups is 1. The van der Waals surface area contributed by atoms with Crippen LogP contribution in [0.1, 0.15) is 25.0 Å². The van der Waals surface area contributed by atoms with E-state index in [9.17, 15) is 0 Å². The average Bonchev–Trinajstić information content (AvgIpc) is 2.40. The predicted molar refractivity (Wildman–Crippen MR) is 80.2 cm³/mol. The van der Waals surface area contributed by atoms with Crippen molar-refractivity contribution in [2.75, 3.05) is 20.7 Å². The number of guanidine groups is 1. The number of hydrogen-bond donors (Lipinski definition) is 2. The second kappa shape index (κ2) is 8.53. The van der Waals surface area contributed by atoms with Gasteiger partial charge in [0.05, 0.1) is 6.61 Å². The molecule has 0 radical (unpaired) electrons. The molecule has 1 aromatic carbocycles. The summed E-state index contributed by atoms with van der Waals surface area (Å²) in [6.07, 6.45) is 0.